The molecule has 6 rings (SSSR count). The first-order chi connectivity index (χ1) is 10.7. The lowest BCUT2D eigenvalue weighted by Gasteiger charge is -2.09. The van der Waals surface area contributed by atoms with Gasteiger partial charge in [0.05, 0.1) is 0 Å². The Kier molecular flexibility index (Phi) is 1.63. The van der Waals surface area contributed by atoms with Gasteiger partial charge in [-0.1, -0.05) is 48.5 Å². The van der Waals surface area contributed by atoms with E-state index >= 15 is 0 Å². The third kappa shape index (κ3) is 1.00. The molecule has 0 atom stereocenters. The van der Waals surface area contributed by atoms with Crippen molar-refractivity contribution in [2.45, 2.75) is 13.8 Å². The van der Waals surface area contributed by atoms with Crippen LogP contribution in [0.25, 0.3) is 53.9 Å². The molecule has 6 aromatic carbocycles. The van der Waals surface area contributed by atoms with Crippen LogP contribution in [0.2, 0.25) is 0 Å². The molecule has 0 bridgehead atoms. The van der Waals surface area contributed by atoms with E-state index in [2.05, 4.69) is 62.4 Å². The summed E-state index contributed by atoms with van der Waals surface area (Å²) in [5.41, 5.74) is 2.76. The Bertz CT molecular complexity index is 1220. The van der Waals surface area contributed by atoms with Crippen LogP contribution < -0.4 is 0 Å². The third-order valence-corrected chi connectivity index (χ3v) is 5.55. The summed E-state index contributed by atoms with van der Waals surface area (Å²) in [6.45, 7) is 4.47. The number of benzene rings is 5. The van der Waals surface area contributed by atoms with Gasteiger partial charge in [-0.25, -0.2) is 0 Å². The van der Waals surface area contributed by atoms with E-state index in [4.69, 9.17) is 0 Å². The van der Waals surface area contributed by atoms with E-state index in [1.165, 1.54) is 65.0 Å². The second-order valence-corrected chi connectivity index (χ2v) is 6.72. The van der Waals surface area contributed by atoms with E-state index in [1.807, 2.05) is 0 Å². The molecule has 0 radical (unpaired) electrons. The first-order valence-electron chi connectivity index (χ1n) is 7.89. The Balaban J connectivity index is 2.23. The maximum atomic E-state index is 2.35. The molecule has 0 saturated carbocycles. The largest absolute Gasteiger partial charge is 0.0537 e. The summed E-state index contributed by atoms with van der Waals surface area (Å²) in [7, 11) is 0. The van der Waals surface area contributed by atoms with Crippen molar-refractivity contribution in [3.05, 3.63) is 59.7 Å². The first kappa shape index (κ1) is 11.0. The lowest BCUT2D eigenvalue weighted by molar-refractivity contribution is 1.55. The highest BCUT2D eigenvalue weighted by molar-refractivity contribution is 6.44. The average Bonchev–Trinajstić information content (AvgIpc) is 2.89. The van der Waals surface area contributed by atoms with Gasteiger partial charge in [-0.15, -0.1) is 0 Å². The molecular formula is C22H14. The predicted molar refractivity (Wildman–Crippen MR) is 97.0 cm³/mol. The van der Waals surface area contributed by atoms with Crippen molar-refractivity contribution in [2.24, 2.45) is 0 Å². The zero-order chi connectivity index (χ0) is 14.6. The minimum atomic E-state index is 1.37. The van der Waals surface area contributed by atoms with Gasteiger partial charge in [-0.3, -0.25) is 0 Å². The van der Waals surface area contributed by atoms with Crippen LogP contribution in [0.5, 0.6) is 0 Å². The number of hydrogen-bond donors (Lipinski definition) is 0. The Labute approximate surface area is 128 Å². The predicted octanol–water partition coefficient (Wildman–Crippen LogP) is 6.38. The average molecular weight is 278 g/mol. The molecule has 0 heteroatoms. The summed E-state index contributed by atoms with van der Waals surface area (Å²) in [4.78, 5) is 0. The highest BCUT2D eigenvalue weighted by Crippen LogP contribution is 2.49. The van der Waals surface area contributed by atoms with Gasteiger partial charge in [0.1, 0.15) is 0 Å². The van der Waals surface area contributed by atoms with Crippen molar-refractivity contribution < 1.29 is 0 Å². The SMILES string of the molecule is Cc1cc2ccc3ccc4cc(C)c5ccc1c1c2c3c4c51. The standard InChI is InChI=1S/C22H14/c1-11-9-14-5-3-13-4-6-15-10-12(2)17-8-7-16(11)21-19(14)18(13)20(15)22(17)21/h3-10H,1-2H3. The molecule has 0 fully saturated rings. The molecule has 0 nitrogen and oxygen atoms in total. The Hall–Kier alpha value is -2.60. The molecule has 0 N–H and O–H groups in total. The fourth-order valence-corrected chi connectivity index (χ4v) is 4.63. The van der Waals surface area contributed by atoms with Crippen molar-refractivity contribution in [2.75, 3.05) is 0 Å². The van der Waals surface area contributed by atoms with Crippen LogP contribution in [-0.2, 0) is 0 Å². The summed E-state index contributed by atoms with van der Waals surface area (Å²) in [6.07, 6.45) is 0. The van der Waals surface area contributed by atoms with Crippen molar-refractivity contribution in [1.82, 2.24) is 0 Å². The highest BCUT2D eigenvalue weighted by Gasteiger charge is 2.21. The molecule has 0 aliphatic rings. The fourth-order valence-electron chi connectivity index (χ4n) is 4.63. The van der Waals surface area contributed by atoms with E-state index in [-0.39, 0.29) is 0 Å². The van der Waals surface area contributed by atoms with Crippen LogP contribution in [0.15, 0.2) is 48.5 Å². The normalized spacial score (nSPS) is 13.0. The first-order valence-corrected chi connectivity index (χ1v) is 7.89. The molecule has 6 aromatic rings. The number of aryl methyl sites for hydroxylation is 2. The number of hydrogen-bond acceptors (Lipinski definition) is 0. The molecule has 22 heavy (non-hydrogen) atoms. The van der Waals surface area contributed by atoms with E-state index in [1.54, 1.807) is 0 Å². The summed E-state index contributed by atoms with van der Waals surface area (Å²) >= 11 is 0. The van der Waals surface area contributed by atoms with E-state index in [0.717, 1.165) is 0 Å². The highest BCUT2D eigenvalue weighted by atomic mass is 14.2. The van der Waals surface area contributed by atoms with Gasteiger partial charge >= 0.3 is 0 Å². The second-order valence-electron chi connectivity index (χ2n) is 6.72. The van der Waals surface area contributed by atoms with Gasteiger partial charge in [0.15, 0.2) is 0 Å². The molecular weight excluding hydrogens is 264 g/mol. The van der Waals surface area contributed by atoms with Crippen LogP contribution in [-0.4, -0.2) is 0 Å². The maximum Gasteiger partial charge on any atom is -0.00111 e. The van der Waals surface area contributed by atoms with E-state index in [0.29, 0.717) is 0 Å². The van der Waals surface area contributed by atoms with Gasteiger partial charge in [0, 0.05) is 0 Å². The molecule has 0 aliphatic carbocycles. The van der Waals surface area contributed by atoms with Crippen molar-refractivity contribution in [3.63, 3.8) is 0 Å². The lowest BCUT2D eigenvalue weighted by Crippen LogP contribution is -1.83. The molecule has 0 aromatic heterocycles. The molecule has 0 spiro atoms. The fraction of sp³-hybridized carbons (Fsp3) is 0.0909. The van der Waals surface area contributed by atoms with Crippen LogP contribution in [0.3, 0.4) is 0 Å². The summed E-state index contributed by atoms with van der Waals surface area (Å²) in [5, 5.41) is 14.3. The summed E-state index contributed by atoms with van der Waals surface area (Å²) in [5.74, 6) is 0. The molecule has 102 valence electrons. The van der Waals surface area contributed by atoms with Crippen LogP contribution in [0.1, 0.15) is 11.1 Å². The van der Waals surface area contributed by atoms with Gasteiger partial charge in [0.25, 0.3) is 0 Å². The minimum absolute atomic E-state index is 1.37. The van der Waals surface area contributed by atoms with Gasteiger partial charge in [-0.05, 0) is 78.8 Å². The molecule has 0 aliphatic heterocycles. The van der Waals surface area contributed by atoms with Gasteiger partial charge in [-0.2, -0.15) is 0 Å². The Morgan fingerprint density at radius 2 is 0.864 bits per heavy atom. The van der Waals surface area contributed by atoms with Crippen molar-refractivity contribution in [1.29, 1.82) is 0 Å². The molecule has 0 amide bonds. The zero-order valence-corrected chi connectivity index (χ0v) is 12.6. The molecule has 0 saturated heterocycles. The number of rotatable bonds is 0. The minimum Gasteiger partial charge on any atom is -0.0537 e. The van der Waals surface area contributed by atoms with Crippen molar-refractivity contribution in [3.8, 4) is 0 Å². The van der Waals surface area contributed by atoms with Crippen LogP contribution in [0.4, 0.5) is 0 Å². The van der Waals surface area contributed by atoms with E-state index < -0.39 is 0 Å². The maximum absolute atomic E-state index is 2.35. The van der Waals surface area contributed by atoms with E-state index in [9.17, 15) is 0 Å². The lowest BCUT2D eigenvalue weighted by atomic mass is 9.95. The Morgan fingerprint density at radius 1 is 0.455 bits per heavy atom. The van der Waals surface area contributed by atoms with Gasteiger partial charge < -0.3 is 0 Å². The molecule has 0 unspecified atom stereocenters. The zero-order valence-electron chi connectivity index (χ0n) is 12.6. The smallest absolute Gasteiger partial charge is 0.00111 e. The molecule has 0 heterocycles. The Morgan fingerprint density at radius 3 is 1.36 bits per heavy atom. The summed E-state index contributed by atoms with van der Waals surface area (Å²) in [6, 6.07) is 18.5. The monoisotopic (exact) mass is 278 g/mol. The quantitative estimate of drug-likeness (QED) is 0.283. The van der Waals surface area contributed by atoms with Crippen LogP contribution >= 0.6 is 0 Å². The topological polar surface area (TPSA) is 0 Å². The van der Waals surface area contributed by atoms with Crippen LogP contribution in [0, 0.1) is 13.8 Å². The summed E-state index contributed by atoms with van der Waals surface area (Å²) < 4.78 is 0. The third-order valence-electron chi connectivity index (χ3n) is 5.55. The van der Waals surface area contributed by atoms with Gasteiger partial charge in [0.2, 0.25) is 0 Å². The second kappa shape index (κ2) is 3.25. The van der Waals surface area contributed by atoms with Crippen molar-refractivity contribution >= 4 is 53.9 Å².